The van der Waals surface area contributed by atoms with E-state index in [0.29, 0.717) is 24.1 Å². The highest BCUT2D eigenvalue weighted by atomic mass is 19.3. The second-order valence-corrected chi connectivity index (χ2v) is 5.50. The van der Waals surface area contributed by atoms with E-state index in [-0.39, 0.29) is 11.5 Å². The Morgan fingerprint density at radius 1 is 1.16 bits per heavy atom. The van der Waals surface area contributed by atoms with E-state index in [1.165, 1.54) is 24.7 Å². The number of pyridine rings is 1. The zero-order chi connectivity index (χ0) is 17.4. The van der Waals surface area contributed by atoms with Gasteiger partial charge in [-0.25, -0.2) is 9.37 Å². The van der Waals surface area contributed by atoms with Gasteiger partial charge in [0, 0.05) is 24.0 Å². The molecule has 0 aromatic carbocycles. The van der Waals surface area contributed by atoms with Crippen LogP contribution >= 0.6 is 0 Å². The van der Waals surface area contributed by atoms with Gasteiger partial charge in [0.2, 0.25) is 18.6 Å². The van der Waals surface area contributed by atoms with Crippen molar-refractivity contribution in [2.75, 3.05) is 6.86 Å². The number of hydrogen-bond donors (Lipinski definition) is 0. The fraction of sp³-hybridized carbons (Fsp3) is 0.333. The van der Waals surface area contributed by atoms with Crippen LogP contribution in [0.1, 0.15) is 18.7 Å². The number of ether oxygens (including phenoxy) is 2. The first-order valence-electron chi connectivity index (χ1n) is 7.49. The Balaban J connectivity index is 1.70. The van der Waals surface area contributed by atoms with Crippen LogP contribution < -0.4 is 4.74 Å². The van der Waals surface area contributed by atoms with Crippen LogP contribution in [-0.2, 0) is 10.8 Å². The van der Waals surface area contributed by atoms with Gasteiger partial charge in [-0.1, -0.05) is 0 Å². The largest absolute Gasteiger partial charge is 0.446 e. The molecule has 1 saturated carbocycles. The fourth-order valence-corrected chi connectivity index (χ4v) is 2.27. The molecule has 0 bridgehead atoms. The average molecular weight is 351 g/mol. The zero-order valence-corrected chi connectivity index (χ0v) is 12.8. The lowest BCUT2D eigenvalue weighted by molar-refractivity contribution is -0.261. The van der Waals surface area contributed by atoms with Crippen molar-refractivity contribution >= 4 is 5.65 Å². The Labute approximate surface area is 139 Å². The van der Waals surface area contributed by atoms with Crippen LogP contribution in [0.3, 0.4) is 0 Å². The maximum Gasteiger partial charge on any atom is 0.418 e. The summed E-state index contributed by atoms with van der Waals surface area (Å²) in [6, 6.07) is 3.05. The van der Waals surface area contributed by atoms with Crippen LogP contribution in [0.2, 0.25) is 0 Å². The second kappa shape index (κ2) is 5.96. The van der Waals surface area contributed by atoms with Crippen molar-refractivity contribution in [2.45, 2.75) is 25.1 Å². The van der Waals surface area contributed by atoms with Crippen molar-refractivity contribution < 1.29 is 22.6 Å². The predicted octanol–water partition coefficient (Wildman–Crippen LogP) is 2.72. The summed E-state index contributed by atoms with van der Waals surface area (Å²) in [6.45, 7) is -0.989. The fourth-order valence-electron chi connectivity index (χ4n) is 2.27. The third-order valence-electron chi connectivity index (χ3n) is 3.63. The first-order valence-corrected chi connectivity index (χ1v) is 7.49. The maximum absolute atomic E-state index is 14.3. The lowest BCUT2D eigenvalue weighted by Gasteiger charge is -2.14. The molecule has 1 aliphatic rings. The number of aromatic nitrogens is 5. The predicted molar refractivity (Wildman–Crippen MR) is 78.6 cm³/mol. The van der Waals surface area contributed by atoms with E-state index in [2.05, 4.69) is 24.9 Å². The molecule has 0 atom stereocenters. The highest BCUT2D eigenvalue weighted by molar-refractivity contribution is 5.59. The van der Waals surface area contributed by atoms with Gasteiger partial charge in [-0.3, -0.25) is 9.38 Å². The van der Waals surface area contributed by atoms with Crippen molar-refractivity contribution in [1.29, 1.82) is 0 Å². The molecule has 0 aliphatic heterocycles. The number of fused-ring (bicyclic) bond motifs is 1. The number of alkyl halides is 3. The SMILES string of the molecule is FCOc1ccc(-c2cn3c(C(F)(F)OC4CC4)nnc3cn2)cn1. The molecule has 7 nitrogen and oxygen atoms in total. The van der Waals surface area contributed by atoms with E-state index in [0.717, 1.165) is 4.40 Å². The van der Waals surface area contributed by atoms with Crippen molar-refractivity contribution in [2.24, 2.45) is 0 Å². The van der Waals surface area contributed by atoms with Crippen LogP contribution in [0, 0.1) is 0 Å². The van der Waals surface area contributed by atoms with Gasteiger partial charge in [0.25, 0.3) is 0 Å². The molecule has 0 N–H and O–H groups in total. The van der Waals surface area contributed by atoms with Crippen molar-refractivity contribution in [3.63, 3.8) is 0 Å². The molecule has 1 aliphatic carbocycles. The summed E-state index contributed by atoms with van der Waals surface area (Å²) in [4.78, 5) is 8.07. The lowest BCUT2D eigenvalue weighted by Crippen LogP contribution is -2.23. The lowest BCUT2D eigenvalue weighted by atomic mass is 10.2. The number of halogens is 3. The molecule has 0 unspecified atom stereocenters. The van der Waals surface area contributed by atoms with E-state index >= 15 is 0 Å². The van der Waals surface area contributed by atoms with E-state index in [9.17, 15) is 13.2 Å². The number of nitrogens with zero attached hydrogens (tertiary/aromatic N) is 5. The van der Waals surface area contributed by atoms with Gasteiger partial charge in [-0.05, 0) is 18.9 Å². The van der Waals surface area contributed by atoms with Gasteiger partial charge in [0.05, 0.1) is 18.0 Å². The van der Waals surface area contributed by atoms with E-state index < -0.39 is 24.9 Å². The summed E-state index contributed by atoms with van der Waals surface area (Å²) in [5.74, 6) is -0.495. The Kier molecular flexibility index (Phi) is 3.75. The molecule has 25 heavy (non-hydrogen) atoms. The molecule has 130 valence electrons. The molecule has 0 saturated heterocycles. The highest BCUT2D eigenvalue weighted by Crippen LogP contribution is 2.37. The maximum atomic E-state index is 14.3. The van der Waals surface area contributed by atoms with Crippen molar-refractivity contribution in [3.05, 3.63) is 36.5 Å². The summed E-state index contributed by atoms with van der Waals surface area (Å²) >= 11 is 0. The molecule has 4 rings (SSSR count). The Hall–Kier alpha value is -2.75. The first kappa shape index (κ1) is 15.8. The second-order valence-electron chi connectivity index (χ2n) is 5.50. The monoisotopic (exact) mass is 351 g/mol. The molecule has 10 heteroatoms. The van der Waals surface area contributed by atoms with E-state index in [1.54, 1.807) is 6.07 Å². The number of hydrogen-bond acceptors (Lipinski definition) is 6. The minimum atomic E-state index is -3.55. The minimum absolute atomic E-state index is 0.113. The third-order valence-corrected chi connectivity index (χ3v) is 3.63. The standard InChI is InChI=1S/C15H12F3N5O2/c16-8-24-13-4-1-9(5-20-13)11-7-23-12(6-19-11)21-22-14(23)15(17,18)25-10-2-3-10/h1,4-7,10H,2-3,8H2. The average Bonchev–Trinajstić information content (AvgIpc) is 3.29. The van der Waals surface area contributed by atoms with Gasteiger partial charge in [0.15, 0.2) is 5.65 Å². The van der Waals surface area contributed by atoms with Gasteiger partial charge in [-0.15, -0.1) is 10.2 Å². The normalized spacial score (nSPS) is 14.8. The molecular weight excluding hydrogens is 339 g/mol. The van der Waals surface area contributed by atoms with E-state index in [1.807, 2.05) is 0 Å². The highest BCUT2D eigenvalue weighted by Gasteiger charge is 2.44. The number of rotatable bonds is 6. The molecule has 3 heterocycles. The quantitative estimate of drug-likeness (QED) is 0.680. The summed E-state index contributed by atoms with van der Waals surface area (Å²) < 4.78 is 51.1. The van der Waals surface area contributed by atoms with Crippen LogP contribution in [0.5, 0.6) is 5.88 Å². The van der Waals surface area contributed by atoms with Crippen LogP contribution in [-0.4, -0.2) is 37.5 Å². The van der Waals surface area contributed by atoms with Crippen molar-refractivity contribution in [1.82, 2.24) is 24.6 Å². The molecule has 3 aromatic rings. The smallest absolute Gasteiger partial charge is 0.418 e. The van der Waals surface area contributed by atoms with Gasteiger partial charge in [0.1, 0.15) is 0 Å². The Morgan fingerprint density at radius 3 is 2.68 bits per heavy atom. The first-order chi connectivity index (χ1) is 12.1. The summed E-state index contributed by atoms with van der Waals surface area (Å²) in [5, 5.41) is 7.24. The summed E-state index contributed by atoms with van der Waals surface area (Å²) in [5.41, 5.74) is 1.08. The van der Waals surface area contributed by atoms with Crippen LogP contribution in [0.15, 0.2) is 30.7 Å². The van der Waals surface area contributed by atoms with Crippen molar-refractivity contribution in [3.8, 4) is 17.1 Å². The summed E-state index contributed by atoms with van der Waals surface area (Å²) in [6.07, 6.45) is 1.33. The third kappa shape index (κ3) is 3.12. The van der Waals surface area contributed by atoms with Gasteiger partial charge >= 0.3 is 6.11 Å². The van der Waals surface area contributed by atoms with Gasteiger partial charge < -0.3 is 9.47 Å². The topological polar surface area (TPSA) is 74.4 Å². The Bertz CT molecular complexity index is 896. The minimum Gasteiger partial charge on any atom is -0.446 e. The molecular formula is C15H12F3N5O2. The molecule has 0 radical (unpaired) electrons. The van der Waals surface area contributed by atoms with Crippen LogP contribution in [0.4, 0.5) is 13.2 Å². The summed E-state index contributed by atoms with van der Waals surface area (Å²) in [7, 11) is 0. The molecule has 0 spiro atoms. The van der Waals surface area contributed by atoms with E-state index in [4.69, 9.17) is 4.74 Å². The molecule has 0 amide bonds. The molecule has 1 fully saturated rings. The Morgan fingerprint density at radius 2 is 2.00 bits per heavy atom. The van der Waals surface area contributed by atoms with Gasteiger partial charge in [-0.2, -0.15) is 8.78 Å². The molecule has 3 aromatic heterocycles. The van der Waals surface area contributed by atoms with Crippen LogP contribution in [0.25, 0.3) is 16.9 Å². The zero-order valence-electron chi connectivity index (χ0n) is 12.8.